The molecule has 3 rings (SSSR count). The van der Waals surface area contributed by atoms with Crippen molar-refractivity contribution in [3.63, 3.8) is 0 Å². The van der Waals surface area contributed by atoms with Crippen molar-refractivity contribution in [1.29, 1.82) is 0 Å². The van der Waals surface area contributed by atoms with Gasteiger partial charge in [-0.1, -0.05) is 30.7 Å². The zero-order chi connectivity index (χ0) is 16.6. The summed E-state index contributed by atoms with van der Waals surface area (Å²) in [7, 11) is 0. The molecule has 0 bridgehead atoms. The smallest absolute Gasteiger partial charge is 0.241 e. The van der Waals surface area contributed by atoms with Gasteiger partial charge in [0.05, 0.1) is 29.2 Å². The first kappa shape index (κ1) is 16.0. The largest absolute Gasteiger partial charge is 0.492 e. The fourth-order valence-electron chi connectivity index (χ4n) is 3.04. The molecule has 6 heteroatoms. The molecular weight excluding hydrogens is 321 g/mol. The highest BCUT2D eigenvalue weighted by atomic mass is 35.5. The van der Waals surface area contributed by atoms with Crippen LogP contribution in [0.3, 0.4) is 0 Å². The van der Waals surface area contributed by atoms with E-state index in [-0.39, 0.29) is 22.4 Å². The lowest BCUT2D eigenvalue weighted by Gasteiger charge is -2.18. The molecule has 0 N–H and O–H groups in total. The summed E-state index contributed by atoms with van der Waals surface area (Å²) in [4.78, 5) is 26.0. The Labute approximate surface area is 138 Å². The average molecular weight is 338 g/mol. The standard InChI is InChI=1S/C17H17ClFNO3/c1-2-7-23-15-9-14(13(19)8-12(15)18)20-16(21)10-5-3-4-6-11(10)17(20)22/h3,5,8-11H,2,4,6-7H2,1H3. The van der Waals surface area contributed by atoms with Gasteiger partial charge in [-0.15, -0.1) is 0 Å². The fraction of sp³-hybridized carbons (Fsp3) is 0.412. The molecule has 1 saturated heterocycles. The highest BCUT2D eigenvalue weighted by molar-refractivity contribution is 6.32. The van der Waals surface area contributed by atoms with E-state index in [1.807, 2.05) is 13.0 Å². The van der Waals surface area contributed by atoms with E-state index in [1.165, 1.54) is 6.07 Å². The van der Waals surface area contributed by atoms with Crippen LogP contribution in [0, 0.1) is 17.7 Å². The second kappa shape index (κ2) is 6.32. The molecule has 1 fully saturated rings. The van der Waals surface area contributed by atoms with E-state index in [1.54, 1.807) is 6.08 Å². The van der Waals surface area contributed by atoms with E-state index < -0.39 is 23.6 Å². The number of fused-ring (bicyclic) bond motifs is 1. The zero-order valence-electron chi connectivity index (χ0n) is 12.7. The Morgan fingerprint density at radius 3 is 2.83 bits per heavy atom. The van der Waals surface area contributed by atoms with Crippen molar-refractivity contribution in [2.45, 2.75) is 26.2 Å². The predicted molar refractivity (Wildman–Crippen MR) is 85.0 cm³/mol. The summed E-state index contributed by atoms with van der Waals surface area (Å²) >= 11 is 5.97. The molecule has 0 spiro atoms. The number of nitrogens with zero attached hydrogens (tertiary/aromatic N) is 1. The van der Waals surface area contributed by atoms with Crippen molar-refractivity contribution in [2.24, 2.45) is 11.8 Å². The van der Waals surface area contributed by atoms with Crippen molar-refractivity contribution in [3.05, 3.63) is 35.1 Å². The normalized spacial score (nSPS) is 23.3. The van der Waals surface area contributed by atoms with Crippen LogP contribution in [0.4, 0.5) is 10.1 Å². The monoisotopic (exact) mass is 337 g/mol. The number of anilines is 1. The maximum Gasteiger partial charge on any atom is 0.241 e. The number of benzene rings is 1. The van der Waals surface area contributed by atoms with Crippen LogP contribution >= 0.6 is 11.6 Å². The number of imide groups is 1. The van der Waals surface area contributed by atoms with Gasteiger partial charge in [0.1, 0.15) is 11.6 Å². The Bertz CT molecular complexity index is 689. The predicted octanol–water partition coefficient (Wildman–Crippen LogP) is 3.72. The topological polar surface area (TPSA) is 46.6 Å². The van der Waals surface area contributed by atoms with Gasteiger partial charge in [0.25, 0.3) is 0 Å². The molecule has 2 unspecified atom stereocenters. The molecule has 2 atom stereocenters. The Balaban J connectivity index is 1.99. The molecule has 1 aliphatic heterocycles. The van der Waals surface area contributed by atoms with Gasteiger partial charge in [-0.3, -0.25) is 9.59 Å². The third-order valence-corrected chi connectivity index (χ3v) is 4.46. The Morgan fingerprint density at radius 2 is 2.13 bits per heavy atom. The molecule has 0 aromatic heterocycles. The van der Waals surface area contributed by atoms with Crippen LogP contribution in [-0.2, 0) is 9.59 Å². The number of hydrogen-bond donors (Lipinski definition) is 0. The van der Waals surface area contributed by atoms with Crippen LogP contribution in [0.2, 0.25) is 5.02 Å². The molecule has 0 radical (unpaired) electrons. The lowest BCUT2D eigenvalue weighted by Crippen LogP contribution is -2.31. The van der Waals surface area contributed by atoms with Gasteiger partial charge >= 0.3 is 0 Å². The number of halogens is 2. The average Bonchev–Trinajstić information content (AvgIpc) is 2.79. The molecule has 122 valence electrons. The van der Waals surface area contributed by atoms with Crippen LogP contribution in [0.15, 0.2) is 24.3 Å². The molecule has 2 aliphatic rings. The molecule has 0 saturated carbocycles. The minimum Gasteiger partial charge on any atom is -0.492 e. The number of amides is 2. The highest BCUT2D eigenvalue weighted by Crippen LogP contribution is 2.40. The molecule has 1 aromatic carbocycles. The summed E-state index contributed by atoms with van der Waals surface area (Å²) in [6.07, 6.45) is 5.76. The zero-order valence-corrected chi connectivity index (χ0v) is 13.5. The first-order valence-corrected chi connectivity index (χ1v) is 8.08. The molecule has 1 aliphatic carbocycles. The third kappa shape index (κ3) is 2.74. The first-order valence-electron chi connectivity index (χ1n) is 7.71. The molecule has 1 heterocycles. The molecule has 23 heavy (non-hydrogen) atoms. The Kier molecular flexibility index (Phi) is 4.39. The number of carbonyl (C=O) groups is 2. The maximum absolute atomic E-state index is 14.3. The van der Waals surface area contributed by atoms with Gasteiger partial charge in [-0.05, 0) is 25.3 Å². The number of hydrogen-bond acceptors (Lipinski definition) is 3. The lowest BCUT2D eigenvalue weighted by molar-refractivity contribution is -0.122. The van der Waals surface area contributed by atoms with E-state index in [4.69, 9.17) is 16.3 Å². The minimum absolute atomic E-state index is 0.0849. The first-order chi connectivity index (χ1) is 11.0. The highest BCUT2D eigenvalue weighted by Gasteiger charge is 2.48. The Morgan fingerprint density at radius 1 is 1.35 bits per heavy atom. The van der Waals surface area contributed by atoms with Crippen molar-refractivity contribution < 1.29 is 18.7 Å². The van der Waals surface area contributed by atoms with E-state index in [2.05, 4.69) is 0 Å². The van der Waals surface area contributed by atoms with E-state index >= 15 is 0 Å². The Hall–Kier alpha value is -1.88. The second-order valence-electron chi connectivity index (χ2n) is 5.73. The number of carbonyl (C=O) groups excluding carboxylic acids is 2. The summed E-state index contributed by atoms with van der Waals surface area (Å²) < 4.78 is 19.8. The lowest BCUT2D eigenvalue weighted by atomic mass is 9.86. The third-order valence-electron chi connectivity index (χ3n) is 4.17. The number of rotatable bonds is 4. The second-order valence-corrected chi connectivity index (χ2v) is 6.14. The quantitative estimate of drug-likeness (QED) is 0.621. The van der Waals surface area contributed by atoms with Crippen molar-refractivity contribution in [1.82, 2.24) is 0 Å². The SMILES string of the molecule is CCCOc1cc(N2C(=O)C3C=CCCC3C2=O)c(F)cc1Cl. The molecule has 2 amide bonds. The minimum atomic E-state index is -0.705. The number of allylic oxidation sites excluding steroid dienone is 1. The van der Waals surface area contributed by atoms with Gasteiger partial charge in [-0.2, -0.15) is 0 Å². The summed E-state index contributed by atoms with van der Waals surface area (Å²) in [5, 5.41) is 0.121. The van der Waals surface area contributed by atoms with Crippen molar-refractivity contribution >= 4 is 29.1 Å². The van der Waals surface area contributed by atoms with Gasteiger partial charge in [-0.25, -0.2) is 9.29 Å². The summed E-state index contributed by atoms with van der Waals surface area (Å²) in [5.41, 5.74) is -0.0849. The van der Waals surface area contributed by atoms with Gasteiger partial charge in [0, 0.05) is 6.07 Å². The van der Waals surface area contributed by atoms with Gasteiger partial charge < -0.3 is 4.74 Å². The summed E-state index contributed by atoms with van der Waals surface area (Å²) in [5.74, 6) is -2.07. The van der Waals surface area contributed by atoms with Crippen molar-refractivity contribution in [3.8, 4) is 5.75 Å². The van der Waals surface area contributed by atoms with Crippen molar-refractivity contribution in [2.75, 3.05) is 11.5 Å². The van der Waals surface area contributed by atoms with E-state index in [0.717, 1.165) is 23.8 Å². The molecule has 1 aromatic rings. The van der Waals surface area contributed by atoms with Crippen LogP contribution in [0.25, 0.3) is 0 Å². The van der Waals surface area contributed by atoms with E-state index in [0.29, 0.717) is 13.0 Å². The van der Waals surface area contributed by atoms with Crippen LogP contribution in [0.1, 0.15) is 26.2 Å². The van der Waals surface area contributed by atoms with Gasteiger partial charge in [0.15, 0.2) is 0 Å². The van der Waals surface area contributed by atoms with Gasteiger partial charge in [0.2, 0.25) is 11.8 Å². The van der Waals surface area contributed by atoms with Crippen LogP contribution in [-0.4, -0.2) is 18.4 Å². The van der Waals surface area contributed by atoms with Crippen LogP contribution in [0.5, 0.6) is 5.75 Å². The summed E-state index contributed by atoms with van der Waals surface area (Å²) in [6.45, 7) is 2.35. The number of ether oxygens (including phenoxy) is 1. The summed E-state index contributed by atoms with van der Waals surface area (Å²) in [6, 6.07) is 2.42. The maximum atomic E-state index is 14.3. The van der Waals surface area contributed by atoms with Crippen LogP contribution < -0.4 is 9.64 Å². The molecular formula is C17H17ClFNO3. The fourth-order valence-corrected chi connectivity index (χ4v) is 3.24. The molecule has 4 nitrogen and oxygen atoms in total. The van der Waals surface area contributed by atoms with E-state index in [9.17, 15) is 14.0 Å².